The molecule has 1 N–H and O–H groups in total. The number of nitrogens with zero attached hydrogens (tertiary/aromatic N) is 3. The highest BCUT2D eigenvalue weighted by atomic mass is 32.1. The van der Waals surface area contributed by atoms with Gasteiger partial charge in [-0.05, 0) is 40.6 Å². The van der Waals surface area contributed by atoms with Crippen molar-refractivity contribution in [1.82, 2.24) is 15.3 Å². The predicted octanol–water partition coefficient (Wildman–Crippen LogP) is 3.61. The van der Waals surface area contributed by atoms with E-state index in [1.54, 1.807) is 31.4 Å². The third kappa shape index (κ3) is 2.94. The maximum atomic E-state index is 12.4. The van der Waals surface area contributed by atoms with E-state index in [4.69, 9.17) is 9.37 Å². The molecule has 0 fully saturated rings. The number of benzene rings is 2. The maximum absolute atomic E-state index is 12.4. The van der Waals surface area contributed by atoms with Crippen molar-refractivity contribution in [3.63, 3.8) is 0 Å². The average molecular weight is 352 g/mol. The van der Waals surface area contributed by atoms with Crippen molar-refractivity contribution in [2.24, 2.45) is 0 Å². The van der Waals surface area contributed by atoms with Crippen molar-refractivity contribution in [1.29, 1.82) is 0 Å². The second kappa shape index (κ2) is 6.33. The van der Waals surface area contributed by atoms with E-state index in [9.17, 15) is 4.79 Å². The molecule has 0 spiro atoms. The minimum Gasteiger partial charge on any atom is -0.497 e. The van der Waals surface area contributed by atoms with Crippen molar-refractivity contribution in [3.05, 3.63) is 54.1 Å². The molecule has 0 bridgehead atoms. The molecule has 4 rings (SSSR count). The maximum Gasteiger partial charge on any atom is 0.257 e. The van der Waals surface area contributed by atoms with Crippen molar-refractivity contribution in [3.8, 4) is 16.5 Å². The summed E-state index contributed by atoms with van der Waals surface area (Å²) in [5, 5.41) is 11.0. The minimum atomic E-state index is -0.336. The molecular formula is C17H12N4O3S. The SMILES string of the molecule is COc1cccc(C(=O)Nc2nonc2-c2nc3ccccc3s2)c1. The lowest BCUT2D eigenvalue weighted by atomic mass is 10.2. The van der Waals surface area contributed by atoms with Crippen LogP contribution in [0.5, 0.6) is 5.75 Å². The van der Waals surface area contributed by atoms with E-state index in [0.717, 1.165) is 10.2 Å². The van der Waals surface area contributed by atoms with Crippen LogP contribution in [0.4, 0.5) is 5.82 Å². The summed E-state index contributed by atoms with van der Waals surface area (Å²) in [7, 11) is 1.55. The number of hydrogen-bond donors (Lipinski definition) is 1. The Morgan fingerprint density at radius 2 is 2.04 bits per heavy atom. The van der Waals surface area contributed by atoms with Crippen molar-refractivity contribution in [2.75, 3.05) is 12.4 Å². The molecule has 1 amide bonds. The molecule has 4 aromatic rings. The highest BCUT2D eigenvalue weighted by Gasteiger charge is 2.19. The van der Waals surface area contributed by atoms with Crippen LogP contribution in [0.15, 0.2) is 53.2 Å². The summed E-state index contributed by atoms with van der Waals surface area (Å²) in [5.74, 6) is 0.487. The van der Waals surface area contributed by atoms with Crippen molar-refractivity contribution < 1.29 is 14.2 Å². The smallest absolute Gasteiger partial charge is 0.257 e. The van der Waals surface area contributed by atoms with Gasteiger partial charge < -0.3 is 10.1 Å². The first-order valence-electron chi connectivity index (χ1n) is 7.38. The van der Waals surface area contributed by atoms with Gasteiger partial charge in [-0.3, -0.25) is 4.79 Å². The number of carbonyl (C=O) groups is 1. The topological polar surface area (TPSA) is 90.1 Å². The second-order valence-corrected chi connectivity index (χ2v) is 6.16. The molecule has 0 atom stereocenters. The molecule has 0 aliphatic carbocycles. The van der Waals surface area contributed by atoms with Gasteiger partial charge in [0.2, 0.25) is 5.82 Å². The van der Waals surface area contributed by atoms with Gasteiger partial charge in [-0.15, -0.1) is 11.3 Å². The molecule has 124 valence electrons. The number of fused-ring (bicyclic) bond motifs is 1. The van der Waals surface area contributed by atoms with Gasteiger partial charge in [0.05, 0.1) is 17.3 Å². The Kier molecular flexibility index (Phi) is 3.87. The third-order valence-electron chi connectivity index (χ3n) is 3.55. The van der Waals surface area contributed by atoms with E-state index in [1.807, 2.05) is 24.3 Å². The number of hydrogen-bond acceptors (Lipinski definition) is 7. The first-order chi connectivity index (χ1) is 12.2. The zero-order valence-corrected chi connectivity index (χ0v) is 13.9. The summed E-state index contributed by atoms with van der Waals surface area (Å²) in [6, 6.07) is 14.6. The Bertz CT molecular complexity index is 1020. The van der Waals surface area contributed by atoms with E-state index < -0.39 is 0 Å². The molecule has 0 aliphatic rings. The molecule has 0 aliphatic heterocycles. The summed E-state index contributed by atoms with van der Waals surface area (Å²) >= 11 is 1.45. The number of aromatic nitrogens is 3. The quantitative estimate of drug-likeness (QED) is 0.603. The number of rotatable bonds is 4. The first kappa shape index (κ1) is 15.3. The van der Waals surface area contributed by atoms with Gasteiger partial charge in [-0.25, -0.2) is 9.61 Å². The Labute approximate surface area is 146 Å². The molecule has 2 aromatic heterocycles. The number of methoxy groups -OCH3 is 1. The molecule has 8 heteroatoms. The lowest BCUT2D eigenvalue weighted by Gasteiger charge is -2.04. The van der Waals surface area contributed by atoms with Gasteiger partial charge in [0.1, 0.15) is 5.75 Å². The van der Waals surface area contributed by atoms with E-state index >= 15 is 0 Å². The predicted molar refractivity (Wildman–Crippen MR) is 93.9 cm³/mol. The van der Waals surface area contributed by atoms with E-state index in [-0.39, 0.29) is 11.7 Å². The van der Waals surface area contributed by atoms with Crippen LogP contribution in [-0.4, -0.2) is 28.3 Å². The number of carbonyl (C=O) groups excluding carboxylic acids is 1. The van der Waals surface area contributed by atoms with Gasteiger partial charge in [0.15, 0.2) is 10.7 Å². The van der Waals surface area contributed by atoms with E-state index in [2.05, 4.69) is 20.6 Å². The van der Waals surface area contributed by atoms with Crippen LogP contribution >= 0.6 is 11.3 Å². The Balaban J connectivity index is 1.64. The largest absolute Gasteiger partial charge is 0.497 e. The van der Waals surface area contributed by atoms with Crippen LogP contribution in [0, 0.1) is 0 Å². The minimum absolute atomic E-state index is 0.229. The molecule has 0 unspecified atom stereocenters. The molecule has 2 heterocycles. The number of nitrogens with one attached hydrogen (secondary N) is 1. The van der Waals surface area contributed by atoms with Gasteiger partial charge in [-0.2, -0.15) is 0 Å². The van der Waals surface area contributed by atoms with Crippen LogP contribution < -0.4 is 10.1 Å². The summed E-state index contributed by atoms with van der Waals surface area (Å²) in [5.41, 5.74) is 1.70. The van der Waals surface area contributed by atoms with E-state index in [1.165, 1.54) is 11.3 Å². The number of amides is 1. The molecule has 2 aromatic carbocycles. The van der Waals surface area contributed by atoms with Gasteiger partial charge in [0.25, 0.3) is 5.91 Å². The van der Waals surface area contributed by atoms with Crippen LogP contribution in [0.1, 0.15) is 10.4 Å². The zero-order valence-electron chi connectivity index (χ0n) is 13.1. The molecular weight excluding hydrogens is 340 g/mol. The second-order valence-electron chi connectivity index (χ2n) is 5.13. The lowest BCUT2D eigenvalue weighted by Crippen LogP contribution is -2.12. The van der Waals surface area contributed by atoms with E-state index in [0.29, 0.717) is 22.0 Å². The van der Waals surface area contributed by atoms with Gasteiger partial charge in [0, 0.05) is 5.56 Å². The van der Waals surface area contributed by atoms with Crippen molar-refractivity contribution in [2.45, 2.75) is 0 Å². The number of anilines is 1. The fraction of sp³-hybridized carbons (Fsp3) is 0.0588. The number of ether oxygens (including phenoxy) is 1. The Morgan fingerprint density at radius 3 is 2.88 bits per heavy atom. The van der Waals surface area contributed by atoms with Crippen molar-refractivity contribution >= 4 is 33.3 Å². The standard InChI is InChI=1S/C17H12N4O3S/c1-23-11-6-4-5-10(9-11)16(22)19-15-14(20-24-21-15)17-18-12-7-2-3-8-13(12)25-17/h2-9H,1H3,(H,19,21,22). The summed E-state index contributed by atoms with van der Waals surface area (Å²) in [4.78, 5) is 17.0. The Morgan fingerprint density at radius 1 is 1.16 bits per heavy atom. The molecule has 0 saturated carbocycles. The molecule has 25 heavy (non-hydrogen) atoms. The lowest BCUT2D eigenvalue weighted by molar-refractivity contribution is 0.102. The fourth-order valence-corrected chi connectivity index (χ4v) is 3.28. The highest BCUT2D eigenvalue weighted by Crippen LogP contribution is 2.32. The summed E-state index contributed by atoms with van der Waals surface area (Å²) < 4.78 is 11.0. The first-order valence-corrected chi connectivity index (χ1v) is 8.20. The molecule has 0 saturated heterocycles. The van der Waals surface area contributed by atoms with Crippen LogP contribution in [0.3, 0.4) is 0 Å². The van der Waals surface area contributed by atoms with Gasteiger partial charge in [-0.1, -0.05) is 18.2 Å². The number of thiazole rings is 1. The highest BCUT2D eigenvalue weighted by molar-refractivity contribution is 7.21. The molecule has 0 radical (unpaired) electrons. The fourth-order valence-electron chi connectivity index (χ4n) is 2.33. The number of para-hydroxylation sites is 1. The molecule has 7 nitrogen and oxygen atoms in total. The van der Waals surface area contributed by atoms with Crippen LogP contribution in [0.25, 0.3) is 20.9 Å². The average Bonchev–Trinajstić information content (AvgIpc) is 3.27. The van der Waals surface area contributed by atoms with Gasteiger partial charge >= 0.3 is 0 Å². The summed E-state index contributed by atoms with van der Waals surface area (Å²) in [6.45, 7) is 0. The summed E-state index contributed by atoms with van der Waals surface area (Å²) in [6.07, 6.45) is 0. The zero-order chi connectivity index (χ0) is 17.2. The van der Waals surface area contributed by atoms with Crippen LogP contribution in [-0.2, 0) is 0 Å². The third-order valence-corrected chi connectivity index (χ3v) is 4.59. The van der Waals surface area contributed by atoms with Crippen LogP contribution in [0.2, 0.25) is 0 Å². The normalized spacial score (nSPS) is 10.8. The Hall–Kier alpha value is -3.26. The monoisotopic (exact) mass is 352 g/mol.